The topological polar surface area (TPSA) is 0 Å². The van der Waals surface area contributed by atoms with E-state index in [1.165, 1.54) is 85.9 Å². The molecule has 0 saturated carbocycles. The number of rotatable bonds is 0. The second-order valence-corrected chi connectivity index (χ2v) is 17.2. The Labute approximate surface area is 166 Å². The highest BCUT2D eigenvalue weighted by Crippen LogP contribution is 2.10. The molecule has 0 aromatic rings. The summed E-state index contributed by atoms with van der Waals surface area (Å²) in [6, 6.07) is 0. The van der Waals surface area contributed by atoms with E-state index in [0.717, 1.165) is 32.7 Å². The van der Waals surface area contributed by atoms with Crippen LogP contribution in [0.4, 0.5) is 0 Å². The quantitative estimate of drug-likeness (QED) is 0.517. The molecule has 0 aromatic carbocycles. The molecule has 0 nitrogen and oxygen atoms in total. The van der Waals surface area contributed by atoms with Crippen LogP contribution in [0.15, 0.2) is 0 Å². The van der Waals surface area contributed by atoms with Crippen LogP contribution in [0.5, 0.6) is 0 Å². The van der Waals surface area contributed by atoms with Crippen LogP contribution in [-0.2, 0) is 43.6 Å². The van der Waals surface area contributed by atoms with E-state index < -0.39 is 0 Å². The molecule has 0 aliphatic carbocycles. The molecule has 0 bridgehead atoms. The highest BCUT2D eigenvalue weighted by Gasteiger charge is 2.16. The van der Waals surface area contributed by atoms with Crippen LogP contribution in [0.3, 0.4) is 0 Å². The lowest BCUT2D eigenvalue weighted by molar-refractivity contribution is 0.758. The van der Waals surface area contributed by atoms with Crippen molar-refractivity contribution in [3.63, 3.8) is 0 Å². The molecule has 0 spiro atoms. The molecule has 3 rings (SSSR count). The molecule has 3 saturated heterocycles. The van der Waals surface area contributed by atoms with Gasteiger partial charge in [0, 0.05) is 0 Å². The van der Waals surface area contributed by atoms with Crippen molar-refractivity contribution in [2.45, 2.75) is 51.4 Å². The Kier molecular flexibility index (Phi) is 18.8. The zero-order chi connectivity index (χ0) is 18.2. The summed E-state index contributed by atoms with van der Waals surface area (Å²) in [5, 5.41) is 0. The fourth-order valence-electron chi connectivity index (χ4n) is 2.75. The summed E-state index contributed by atoms with van der Waals surface area (Å²) < 4.78 is 0. The summed E-state index contributed by atoms with van der Waals surface area (Å²) in [4.78, 5) is 0. The Bertz CT molecular complexity index is 221. The molecular weight excluding hydrogens is 368 g/mol. The lowest BCUT2D eigenvalue weighted by Crippen LogP contribution is -2.14. The molecule has 146 valence electrons. The van der Waals surface area contributed by atoms with E-state index in [2.05, 4.69) is 37.5 Å². The Hall–Kier alpha value is 1.40. The monoisotopic (exact) mass is 414 g/mol. The molecule has 0 unspecified atom stereocenters. The van der Waals surface area contributed by atoms with Gasteiger partial charge in [0.2, 0.25) is 0 Å². The first-order valence-corrected chi connectivity index (χ1v) is 18.0. The molecule has 0 atom stereocenters. The van der Waals surface area contributed by atoms with Crippen molar-refractivity contribution in [2.75, 3.05) is 72.1 Å². The van der Waals surface area contributed by atoms with Gasteiger partial charge in [-0.1, -0.05) is 0 Å². The maximum absolute atomic E-state index is 2.39. The standard InChI is InChI=1S/2C6H13S.C5H11S.C3H9S/c2*1-7-5-3-2-4-6-7;1-6-4-2-3-5-6;1-4(2)3/h2*2-6H2,1H3;2-5H2,1H3;1-3H3/q4*+1. The van der Waals surface area contributed by atoms with Gasteiger partial charge in [-0.05, 0) is 94.9 Å². The molecule has 3 heterocycles. The van der Waals surface area contributed by atoms with Gasteiger partial charge in [-0.15, -0.1) is 0 Å². The zero-order valence-electron chi connectivity index (χ0n) is 17.5. The SMILES string of the molecule is C[S+](C)C.C[S+]1CCCC1.C[S+]1CCCCC1.C[S+]1CCCCC1. The van der Waals surface area contributed by atoms with Crippen LogP contribution in [-0.4, -0.2) is 72.1 Å². The van der Waals surface area contributed by atoms with Crippen molar-refractivity contribution in [1.29, 1.82) is 0 Å². The van der Waals surface area contributed by atoms with Crippen molar-refractivity contribution in [1.82, 2.24) is 0 Å². The normalized spacial score (nSPS) is 22.6. The molecule has 0 amide bonds. The highest BCUT2D eigenvalue weighted by atomic mass is 32.2. The predicted octanol–water partition coefficient (Wildman–Crippen LogP) is 4.36. The summed E-state index contributed by atoms with van der Waals surface area (Å²) in [5.41, 5.74) is 0. The van der Waals surface area contributed by atoms with Gasteiger partial charge in [-0.2, -0.15) is 0 Å². The van der Waals surface area contributed by atoms with E-state index in [1.807, 2.05) is 0 Å². The largest absolute Gasteiger partial charge is 0.108 e. The van der Waals surface area contributed by atoms with Gasteiger partial charge < -0.3 is 0 Å². The lowest BCUT2D eigenvalue weighted by atomic mass is 10.3. The second-order valence-electron chi connectivity index (χ2n) is 7.62. The Morgan fingerprint density at radius 2 is 0.583 bits per heavy atom. The first-order valence-electron chi connectivity index (χ1n) is 9.68. The van der Waals surface area contributed by atoms with E-state index in [0.29, 0.717) is 10.9 Å². The fourth-order valence-corrected chi connectivity index (χ4v) is 7.54. The van der Waals surface area contributed by atoms with E-state index in [1.54, 1.807) is 0 Å². The summed E-state index contributed by atoms with van der Waals surface area (Å²) in [7, 11) is 3.09. The van der Waals surface area contributed by atoms with Gasteiger partial charge in [0.15, 0.2) is 0 Å². The average molecular weight is 415 g/mol. The Morgan fingerprint density at radius 1 is 0.417 bits per heavy atom. The highest BCUT2D eigenvalue weighted by molar-refractivity contribution is 7.96. The third-order valence-electron chi connectivity index (χ3n) is 4.21. The average Bonchev–Trinajstić information content (AvgIpc) is 3.01. The van der Waals surface area contributed by atoms with Crippen molar-refractivity contribution in [2.24, 2.45) is 0 Å². The minimum absolute atomic E-state index is 0.639. The predicted molar refractivity (Wildman–Crippen MR) is 131 cm³/mol. The number of hydrogen-bond donors (Lipinski definition) is 0. The van der Waals surface area contributed by atoms with E-state index >= 15 is 0 Å². The van der Waals surface area contributed by atoms with Crippen LogP contribution < -0.4 is 0 Å². The van der Waals surface area contributed by atoms with Crippen LogP contribution in [0.1, 0.15) is 51.4 Å². The zero-order valence-corrected chi connectivity index (χ0v) is 20.8. The van der Waals surface area contributed by atoms with Gasteiger partial charge in [0.25, 0.3) is 0 Å². The third kappa shape index (κ3) is 19.7. The van der Waals surface area contributed by atoms with Gasteiger partial charge in [0.1, 0.15) is 34.5 Å². The maximum Gasteiger partial charge on any atom is 0.108 e. The molecular formula is C20H46S4+4. The molecule has 3 aliphatic rings. The smallest absolute Gasteiger partial charge is 0.0444 e. The fraction of sp³-hybridized carbons (Fsp3) is 1.00. The maximum atomic E-state index is 2.39. The minimum atomic E-state index is 0.639. The third-order valence-corrected chi connectivity index (χ3v) is 10.1. The van der Waals surface area contributed by atoms with E-state index in [4.69, 9.17) is 0 Å². The molecule has 4 heteroatoms. The molecule has 0 N–H and O–H groups in total. The molecule has 3 fully saturated rings. The lowest BCUT2D eigenvalue weighted by Gasteiger charge is -2.07. The molecule has 3 aliphatic heterocycles. The van der Waals surface area contributed by atoms with E-state index in [9.17, 15) is 0 Å². The first kappa shape index (κ1) is 25.4. The second kappa shape index (κ2) is 17.8. The van der Waals surface area contributed by atoms with Crippen molar-refractivity contribution >= 4 is 43.6 Å². The summed E-state index contributed by atoms with van der Waals surface area (Å²) in [6.45, 7) is 0. The van der Waals surface area contributed by atoms with Crippen molar-refractivity contribution in [3.8, 4) is 0 Å². The van der Waals surface area contributed by atoms with Crippen LogP contribution in [0, 0.1) is 0 Å². The van der Waals surface area contributed by atoms with Gasteiger partial charge >= 0.3 is 0 Å². The van der Waals surface area contributed by atoms with Gasteiger partial charge in [-0.3, -0.25) is 0 Å². The van der Waals surface area contributed by atoms with Crippen molar-refractivity contribution in [3.05, 3.63) is 0 Å². The summed E-state index contributed by atoms with van der Waals surface area (Å²) in [5.74, 6) is 9.08. The Balaban J connectivity index is 0.000000301. The Morgan fingerprint density at radius 3 is 0.708 bits per heavy atom. The number of hydrogen-bond acceptors (Lipinski definition) is 0. The minimum Gasteiger partial charge on any atom is -0.0444 e. The van der Waals surface area contributed by atoms with E-state index in [-0.39, 0.29) is 0 Å². The van der Waals surface area contributed by atoms with Crippen LogP contribution in [0.2, 0.25) is 0 Å². The molecule has 0 aromatic heterocycles. The van der Waals surface area contributed by atoms with Gasteiger partial charge in [-0.25, -0.2) is 0 Å². The first-order chi connectivity index (χ1) is 11.4. The van der Waals surface area contributed by atoms with Crippen LogP contribution in [0.25, 0.3) is 0 Å². The molecule has 24 heavy (non-hydrogen) atoms. The summed E-state index contributed by atoms with van der Waals surface area (Å²) >= 11 is 0. The van der Waals surface area contributed by atoms with Crippen LogP contribution >= 0.6 is 0 Å². The van der Waals surface area contributed by atoms with Gasteiger partial charge in [0.05, 0.1) is 37.5 Å². The summed E-state index contributed by atoms with van der Waals surface area (Å²) in [6.07, 6.45) is 25.7. The van der Waals surface area contributed by atoms with Crippen molar-refractivity contribution < 1.29 is 0 Å². The molecule has 0 radical (unpaired) electrons.